The molecule has 1 N–H and O–H groups in total. The number of halogens is 2. The number of nitrogens with one attached hydrogen (secondary N) is 1. The van der Waals surface area contributed by atoms with Gasteiger partial charge in [0, 0.05) is 11.4 Å². The van der Waals surface area contributed by atoms with E-state index < -0.39 is 18.9 Å². The minimum absolute atomic E-state index is 0.00278. The highest BCUT2D eigenvalue weighted by molar-refractivity contribution is 7.12. The normalized spacial score (nSPS) is 10.2. The lowest BCUT2D eigenvalue weighted by Gasteiger charge is -2.07. The van der Waals surface area contributed by atoms with Gasteiger partial charge in [0.1, 0.15) is 11.9 Å². The van der Waals surface area contributed by atoms with Gasteiger partial charge in [-0.1, -0.05) is 6.07 Å². The van der Waals surface area contributed by atoms with Crippen LogP contribution in [0.3, 0.4) is 0 Å². The van der Waals surface area contributed by atoms with Gasteiger partial charge >= 0.3 is 0 Å². The Balaban J connectivity index is 2.03. The minimum Gasteiger partial charge on any atom is -0.472 e. The lowest BCUT2D eigenvalue weighted by Crippen LogP contribution is -2.12. The van der Waals surface area contributed by atoms with Crippen LogP contribution in [-0.4, -0.2) is 23.9 Å². The fourth-order valence-corrected chi connectivity index (χ4v) is 2.13. The van der Waals surface area contributed by atoms with Crippen molar-refractivity contribution in [2.45, 2.75) is 6.43 Å². The van der Waals surface area contributed by atoms with Gasteiger partial charge < -0.3 is 10.1 Å². The number of amides is 1. The average molecular weight is 309 g/mol. The zero-order valence-corrected chi connectivity index (χ0v) is 11.4. The van der Waals surface area contributed by atoms with Crippen molar-refractivity contribution in [2.75, 3.05) is 11.9 Å². The monoisotopic (exact) mass is 309 g/mol. The number of aromatic nitrogens is 1. The highest BCUT2D eigenvalue weighted by atomic mass is 32.1. The van der Waals surface area contributed by atoms with E-state index in [9.17, 15) is 13.6 Å². The fourth-order valence-electron chi connectivity index (χ4n) is 1.41. The van der Waals surface area contributed by atoms with Crippen LogP contribution in [0.1, 0.15) is 15.2 Å². The molecule has 0 bridgehead atoms. The molecule has 0 aliphatic carbocycles. The second kappa shape index (κ2) is 6.76. The van der Waals surface area contributed by atoms with Crippen LogP contribution in [0.15, 0.2) is 29.6 Å². The van der Waals surface area contributed by atoms with Crippen LogP contribution in [0.2, 0.25) is 0 Å². The number of carbonyl (C=O) groups excluding carboxylic acids is 1. The molecule has 0 aliphatic heterocycles. The number of nitrogens with zero attached hydrogens (tertiary/aromatic N) is 2. The minimum atomic E-state index is -2.60. The first-order chi connectivity index (χ1) is 10.1. The summed E-state index contributed by atoms with van der Waals surface area (Å²) in [4.78, 5) is 16.2. The SMILES string of the molecule is N#Cc1csc(C(=O)Nc2cccc(OCC(F)F)n2)c1. The van der Waals surface area contributed by atoms with Gasteiger partial charge in [-0.05, 0) is 12.1 Å². The summed E-state index contributed by atoms with van der Waals surface area (Å²) < 4.78 is 28.8. The number of ether oxygens (including phenoxy) is 1. The summed E-state index contributed by atoms with van der Waals surface area (Å²) in [7, 11) is 0. The van der Waals surface area contributed by atoms with Gasteiger partial charge in [0.25, 0.3) is 12.3 Å². The van der Waals surface area contributed by atoms with E-state index in [0.29, 0.717) is 10.4 Å². The number of pyridine rings is 1. The molecule has 8 heteroatoms. The van der Waals surface area contributed by atoms with E-state index in [-0.39, 0.29) is 11.7 Å². The number of nitriles is 1. The second-order valence-corrected chi connectivity index (χ2v) is 4.74. The maximum absolute atomic E-state index is 12.0. The highest BCUT2D eigenvalue weighted by Gasteiger charge is 2.11. The van der Waals surface area contributed by atoms with E-state index in [2.05, 4.69) is 10.3 Å². The van der Waals surface area contributed by atoms with Crippen molar-refractivity contribution in [3.8, 4) is 11.9 Å². The molecule has 0 fully saturated rings. The molecule has 0 atom stereocenters. The smallest absolute Gasteiger partial charge is 0.272 e. The molecule has 5 nitrogen and oxygen atoms in total. The zero-order chi connectivity index (χ0) is 15.2. The van der Waals surface area contributed by atoms with E-state index in [4.69, 9.17) is 10.00 Å². The molecule has 0 radical (unpaired) electrons. The number of carbonyl (C=O) groups is 1. The number of hydrogen-bond acceptors (Lipinski definition) is 5. The van der Waals surface area contributed by atoms with Gasteiger partial charge in [-0.15, -0.1) is 11.3 Å². The van der Waals surface area contributed by atoms with Crippen molar-refractivity contribution in [2.24, 2.45) is 0 Å². The lowest BCUT2D eigenvalue weighted by atomic mass is 10.3. The maximum Gasteiger partial charge on any atom is 0.272 e. The van der Waals surface area contributed by atoms with Crippen molar-refractivity contribution in [3.05, 3.63) is 40.1 Å². The summed E-state index contributed by atoms with van der Waals surface area (Å²) in [6.07, 6.45) is -2.60. The van der Waals surface area contributed by atoms with Gasteiger partial charge in [-0.25, -0.2) is 8.78 Å². The Labute approximate surface area is 122 Å². The molecule has 0 unspecified atom stereocenters. The van der Waals surface area contributed by atoms with Crippen LogP contribution in [0, 0.1) is 11.3 Å². The first kappa shape index (κ1) is 14.9. The predicted molar refractivity (Wildman–Crippen MR) is 72.7 cm³/mol. The zero-order valence-electron chi connectivity index (χ0n) is 10.5. The van der Waals surface area contributed by atoms with Gasteiger partial charge in [0.15, 0.2) is 6.61 Å². The molecule has 0 aromatic carbocycles. The molecule has 0 saturated heterocycles. The van der Waals surface area contributed by atoms with Gasteiger partial charge in [0.05, 0.1) is 10.4 Å². The van der Waals surface area contributed by atoms with E-state index in [1.54, 1.807) is 5.38 Å². The second-order valence-electron chi connectivity index (χ2n) is 3.83. The van der Waals surface area contributed by atoms with E-state index in [1.165, 1.54) is 24.3 Å². The quantitative estimate of drug-likeness (QED) is 0.921. The van der Waals surface area contributed by atoms with E-state index in [0.717, 1.165) is 11.3 Å². The molecule has 2 aromatic rings. The summed E-state index contributed by atoms with van der Waals surface area (Å²) in [6, 6.07) is 7.83. The Morgan fingerprint density at radius 3 is 3.00 bits per heavy atom. The average Bonchev–Trinajstić information content (AvgIpc) is 2.94. The van der Waals surface area contributed by atoms with Crippen LogP contribution in [0.25, 0.3) is 0 Å². The Morgan fingerprint density at radius 1 is 1.52 bits per heavy atom. The lowest BCUT2D eigenvalue weighted by molar-refractivity contribution is 0.0796. The molecule has 2 rings (SSSR count). The van der Waals surface area contributed by atoms with Gasteiger partial charge in [-0.3, -0.25) is 4.79 Å². The molecule has 0 saturated carbocycles. The van der Waals surface area contributed by atoms with E-state index >= 15 is 0 Å². The van der Waals surface area contributed by atoms with Crippen LogP contribution in [-0.2, 0) is 0 Å². The molecule has 2 aromatic heterocycles. The first-order valence-corrected chi connectivity index (χ1v) is 6.64. The van der Waals surface area contributed by atoms with E-state index in [1.807, 2.05) is 6.07 Å². The maximum atomic E-state index is 12.0. The van der Waals surface area contributed by atoms with Crippen LogP contribution >= 0.6 is 11.3 Å². The van der Waals surface area contributed by atoms with Gasteiger partial charge in [0.2, 0.25) is 5.88 Å². The Kier molecular flexibility index (Phi) is 4.79. The molecule has 1 amide bonds. The number of anilines is 1. The third kappa shape index (κ3) is 4.22. The summed E-state index contributed by atoms with van der Waals surface area (Å²) >= 11 is 1.13. The van der Waals surface area contributed by atoms with Crippen molar-refractivity contribution in [3.63, 3.8) is 0 Å². The number of hydrogen-bond donors (Lipinski definition) is 1. The molecule has 108 valence electrons. The van der Waals surface area contributed by atoms with Crippen LogP contribution in [0.5, 0.6) is 5.88 Å². The predicted octanol–water partition coefficient (Wildman–Crippen LogP) is 2.91. The molecule has 21 heavy (non-hydrogen) atoms. The highest BCUT2D eigenvalue weighted by Crippen LogP contribution is 2.17. The largest absolute Gasteiger partial charge is 0.472 e. The van der Waals surface area contributed by atoms with Crippen LogP contribution in [0.4, 0.5) is 14.6 Å². The topological polar surface area (TPSA) is 75.0 Å². The number of alkyl halides is 2. The van der Waals surface area contributed by atoms with Crippen molar-refractivity contribution in [1.82, 2.24) is 4.98 Å². The summed E-state index contributed by atoms with van der Waals surface area (Å²) in [5.41, 5.74) is 0.395. The molecular formula is C13H9F2N3O2S. The number of thiophene rings is 1. The standard InChI is InChI=1S/C13H9F2N3O2S/c14-10(15)6-20-12-3-1-2-11(17-12)18-13(19)9-4-8(5-16)7-21-9/h1-4,7,10H,6H2,(H,17,18,19). The Morgan fingerprint density at radius 2 is 2.33 bits per heavy atom. The summed E-state index contributed by atoms with van der Waals surface area (Å²) in [6.45, 7) is -0.763. The molecular weight excluding hydrogens is 300 g/mol. The Bertz CT molecular complexity index is 682. The first-order valence-electron chi connectivity index (χ1n) is 5.76. The third-order valence-electron chi connectivity index (χ3n) is 2.27. The third-order valence-corrected chi connectivity index (χ3v) is 3.20. The van der Waals surface area contributed by atoms with Crippen LogP contribution < -0.4 is 10.1 Å². The molecule has 0 aliphatic rings. The Hall–Kier alpha value is -2.53. The van der Waals surface area contributed by atoms with Crippen molar-refractivity contribution in [1.29, 1.82) is 5.26 Å². The van der Waals surface area contributed by atoms with Gasteiger partial charge in [-0.2, -0.15) is 10.2 Å². The summed E-state index contributed by atoms with van der Waals surface area (Å²) in [5.74, 6) is -0.254. The molecule has 2 heterocycles. The summed E-state index contributed by atoms with van der Waals surface area (Å²) in [5, 5.41) is 12.8. The number of rotatable bonds is 5. The van der Waals surface area contributed by atoms with Crippen molar-refractivity contribution < 1.29 is 18.3 Å². The fraction of sp³-hybridized carbons (Fsp3) is 0.154. The molecule has 0 spiro atoms. The van der Waals surface area contributed by atoms with Crippen molar-refractivity contribution >= 4 is 23.1 Å².